The van der Waals surface area contributed by atoms with Crippen LogP contribution in [-0.4, -0.2) is 19.5 Å². The van der Waals surface area contributed by atoms with Crippen molar-refractivity contribution in [2.75, 3.05) is 5.32 Å². The van der Waals surface area contributed by atoms with Crippen molar-refractivity contribution >= 4 is 15.5 Å². The molecule has 0 spiro atoms. The van der Waals surface area contributed by atoms with E-state index < -0.39 is 31.6 Å². The van der Waals surface area contributed by atoms with Crippen LogP contribution in [0, 0.1) is 11.3 Å². The van der Waals surface area contributed by atoms with Crippen LogP contribution in [0.25, 0.3) is 0 Å². The van der Waals surface area contributed by atoms with Crippen LogP contribution in [0.4, 0.5) is 18.9 Å². The molecule has 0 radical (unpaired) electrons. The Balaban J connectivity index is 2.94. The van der Waals surface area contributed by atoms with Gasteiger partial charge in [0.15, 0.2) is 14.7 Å². The summed E-state index contributed by atoms with van der Waals surface area (Å²) in [7, 11) is -3.83. The maximum Gasteiger partial charge on any atom is 0.573 e. The molecule has 0 aliphatic carbocycles. The van der Waals surface area contributed by atoms with Gasteiger partial charge in [-0.1, -0.05) is 0 Å². The van der Waals surface area contributed by atoms with Crippen molar-refractivity contribution in [1.29, 1.82) is 5.26 Å². The normalized spacial score (nSPS) is 13.3. The number of sulfone groups is 1. The van der Waals surface area contributed by atoms with Gasteiger partial charge in [0.1, 0.15) is 11.8 Å². The van der Waals surface area contributed by atoms with E-state index in [-0.39, 0.29) is 0 Å². The first-order valence-electron chi connectivity index (χ1n) is 6.34. The van der Waals surface area contributed by atoms with Crippen molar-refractivity contribution in [2.24, 2.45) is 0 Å². The summed E-state index contributed by atoms with van der Waals surface area (Å²) in [6.45, 7) is 4.37. The number of hydrogen-bond acceptors (Lipinski definition) is 5. The molecule has 0 fully saturated rings. The molecule has 0 unspecified atom stereocenters. The largest absolute Gasteiger partial charge is 0.573 e. The molecular formula is C14H15F3N2O3S. The van der Waals surface area contributed by atoms with Crippen molar-refractivity contribution in [1.82, 2.24) is 0 Å². The van der Waals surface area contributed by atoms with Gasteiger partial charge in [-0.05, 0) is 45.0 Å². The molecular weight excluding hydrogens is 333 g/mol. The minimum Gasteiger partial charge on any atom is -0.406 e. The number of halogens is 3. The monoisotopic (exact) mass is 348 g/mol. The van der Waals surface area contributed by atoms with Gasteiger partial charge in [0.2, 0.25) is 0 Å². The van der Waals surface area contributed by atoms with Gasteiger partial charge in [-0.15, -0.1) is 13.2 Å². The van der Waals surface area contributed by atoms with E-state index in [9.17, 15) is 21.6 Å². The van der Waals surface area contributed by atoms with Crippen molar-refractivity contribution in [3.8, 4) is 11.8 Å². The summed E-state index contributed by atoms with van der Waals surface area (Å²) in [6.07, 6.45) is -3.79. The average molecular weight is 348 g/mol. The topological polar surface area (TPSA) is 79.2 Å². The summed E-state index contributed by atoms with van der Waals surface area (Å²) in [5.74, 6) is -0.408. The first kappa shape index (κ1) is 18.8. The van der Waals surface area contributed by atoms with Gasteiger partial charge in [-0.25, -0.2) is 8.42 Å². The first-order valence-corrected chi connectivity index (χ1v) is 7.82. The summed E-state index contributed by atoms with van der Waals surface area (Å²) in [6, 6.07) is 6.25. The molecule has 0 amide bonds. The predicted octanol–water partition coefficient (Wildman–Crippen LogP) is 3.58. The molecule has 23 heavy (non-hydrogen) atoms. The number of hydrogen-bond donors (Lipinski definition) is 1. The molecule has 0 aliphatic rings. The van der Waals surface area contributed by atoms with E-state index in [1.165, 1.54) is 32.9 Å². The lowest BCUT2D eigenvalue weighted by Crippen LogP contribution is -2.29. The molecule has 0 bridgehead atoms. The number of nitrogens with one attached hydrogen (secondary N) is 1. The SMILES string of the molecule is CC(C)(C)S(=O)(=O)C(C#N)=CNc1ccc(OC(F)(F)F)cc1. The average Bonchev–Trinajstić information content (AvgIpc) is 2.38. The van der Waals surface area contributed by atoms with E-state index in [0.29, 0.717) is 5.69 Å². The number of rotatable bonds is 4. The summed E-state index contributed by atoms with van der Waals surface area (Å²) in [5.41, 5.74) is 0.302. The second-order valence-corrected chi connectivity index (χ2v) is 8.12. The maximum atomic E-state index is 12.1. The van der Waals surface area contributed by atoms with E-state index in [4.69, 9.17) is 5.26 Å². The Bertz CT molecular complexity index is 725. The third kappa shape index (κ3) is 5.17. The minimum atomic E-state index is -4.79. The summed E-state index contributed by atoms with van der Waals surface area (Å²) < 4.78 is 62.9. The van der Waals surface area contributed by atoms with E-state index in [1.54, 1.807) is 6.07 Å². The van der Waals surface area contributed by atoms with Gasteiger partial charge in [-0.3, -0.25) is 0 Å². The zero-order chi connectivity index (χ0) is 17.9. The fourth-order valence-corrected chi connectivity index (χ4v) is 2.40. The van der Waals surface area contributed by atoms with E-state index in [1.807, 2.05) is 0 Å². The molecule has 1 N–H and O–H groups in total. The Morgan fingerprint density at radius 3 is 2.13 bits per heavy atom. The van der Waals surface area contributed by atoms with Crippen molar-refractivity contribution in [2.45, 2.75) is 31.9 Å². The number of anilines is 1. The van der Waals surface area contributed by atoms with Crippen LogP contribution >= 0.6 is 0 Å². The number of benzene rings is 1. The number of alkyl halides is 3. The Labute approximate surface area is 132 Å². The fourth-order valence-electron chi connectivity index (χ4n) is 1.40. The lowest BCUT2D eigenvalue weighted by molar-refractivity contribution is -0.274. The highest BCUT2D eigenvalue weighted by atomic mass is 32.2. The smallest absolute Gasteiger partial charge is 0.406 e. The van der Waals surface area contributed by atoms with Crippen molar-refractivity contribution < 1.29 is 26.3 Å². The molecule has 0 atom stereocenters. The lowest BCUT2D eigenvalue weighted by Gasteiger charge is -2.18. The molecule has 1 rings (SSSR count). The molecule has 0 aromatic heterocycles. The standard InChI is InChI=1S/C14H15F3N2O3S/c1-13(2,3)23(20,21)12(8-18)9-19-10-4-6-11(7-5-10)22-14(15,16)17/h4-7,9,19H,1-3H3. The van der Waals surface area contributed by atoms with Gasteiger partial charge in [0, 0.05) is 11.9 Å². The van der Waals surface area contributed by atoms with E-state index in [0.717, 1.165) is 18.3 Å². The first-order chi connectivity index (χ1) is 10.4. The molecule has 9 heteroatoms. The second kappa shape index (κ2) is 6.50. The molecule has 5 nitrogen and oxygen atoms in total. The van der Waals surface area contributed by atoms with Crippen LogP contribution < -0.4 is 10.1 Å². The van der Waals surface area contributed by atoms with Gasteiger partial charge < -0.3 is 10.1 Å². The van der Waals surface area contributed by atoms with Crippen LogP contribution in [-0.2, 0) is 9.84 Å². The van der Waals surface area contributed by atoms with E-state index >= 15 is 0 Å². The number of nitrogens with zero attached hydrogens (tertiary/aromatic N) is 1. The van der Waals surface area contributed by atoms with Gasteiger partial charge >= 0.3 is 6.36 Å². The molecule has 1 aromatic rings. The molecule has 0 saturated heterocycles. The van der Waals surface area contributed by atoms with Gasteiger partial charge in [-0.2, -0.15) is 5.26 Å². The maximum absolute atomic E-state index is 12.1. The highest BCUT2D eigenvalue weighted by molar-refractivity contribution is 7.96. The predicted molar refractivity (Wildman–Crippen MR) is 79.1 cm³/mol. The fraction of sp³-hybridized carbons (Fsp3) is 0.357. The zero-order valence-corrected chi connectivity index (χ0v) is 13.4. The third-order valence-electron chi connectivity index (χ3n) is 2.66. The Morgan fingerprint density at radius 1 is 1.22 bits per heavy atom. The molecule has 1 aromatic carbocycles. The Kier molecular flexibility index (Phi) is 5.32. The quantitative estimate of drug-likeness (QED) is 0.842. The van der Waals surface area contributed by atoms with Crippen LogP contribution in [0.5, 0.6) is 5.75 Å². The van der Waals surface area contributed by atoms with Gasteiger partial charge in [0.05, 0.1) is 4.75 Å². The second-order valence-electron chi connectivity index (χ2n) is 5.45. The minimum absolute atomic E-state index is 0.302. The van der Waals surface area contributed by atoms with Crippen molar-refractivity contribution in [3.05, 3.63) is 35.4 Å². The third-order valence-corrected chi connectivity index (χ3v) is 5.06. The van der Waals surface area contributed by atoms with E-state index in [2.05, 4.69) is 10.1 Å². The van der Waals surface area contributed by atoms with Crippen LogP contribution in [0.1, 0.15) is 20.8 Å². The van der Waals surface area contributed by atoms with Crippen LogP contribution in [0.15, 0.2) is 35.4 Å². The summed E-state index contributed by atoms with van der Waals surface area (Å²) in [4.78, 5) is -0.472. The summed E-state index contributed by atoms with van der Waals surface area (Å²) in [5, 5.41) is 11.6. The number of nitriles is 1. The highest BCUT2D eigenvalue weighted by Gasteiger charge is 2.33. The highest BCUT2D eigenvalue weighted by Crippen LogP contribution is 2.25. The zero-order valence-electron chi connectivity index (χ0n) is 12.6. The Hall–Kier alpha value is -2.21. The Morgan fingerprint density at radius 2 is 1.74 bits per heavy atom. The van der Waals surface area contributed by atoms with Crippen LogP contribution in [0.3, 0.4) is 0 Å². The number of ether oxygens (including phenoxy) is 1. The summed E-state index contributed by atoms with van der Waals surface area (Å²) >= 11 is 0. The van der Waals surface area contributed by atoms with Crippen molar-refractivity contribution in [3.63, 3.8) is 0 Å². The molecule has 126 valence electrons. The van der Waals surface area contributed by atoms with Gasteiger partial charge in [0.25, 0.3) is 0 Å². The molecule has 0 saturated carbocycles. The van der Waals surface area contributed by atoms with Crippen LogP contribution in [0.2, 0.25) is 0 Å². The lowest BCUT2D eigenvalue weighted by atomic mass is 10.3. The molecule has 0 heterocycles. The molecule has 0 aliphatic heterocycles. The number of allylic oxidation sites excluding steroid dienone is 1.